The third-order valence-corrected chi connectivity index (χ3v) is 1.56. The highest BCUT2D eigenvalue weighted by Gasteiger charge is 1.99. The van der Waals surface area contributed by atoms with Crippen LogP contribution in [-0.2, 0) is 6.54 Å². The molecule has 1 aromatic rings. The maximum atomic E-state index is 5.27. The largest absolute Gasteiger partial charge is 0.444 e. The standard InChI is InChI=1S/C8H14N4O/c1-6-11-4-7(13-6)5-12-8(9-2)10-3/h4H,5H2,1-3H3,(H2,9,10,12). The van der Waals surface area contributed by atoms with Gasteiger partial charge in [-0.15, -0.1) is 0 Å². The van der Waals surface area contributed by atoms with Crippen LogP contribution in [0.25, 0.3) is 0 Å². The lowest BCUT2D eigenvalue weighted by Gasteiger charge is -2.05. The lowest BCUT2D eigenvalue weighted by Crippen LogP contribution is -2.33. The lowest BCUT2D eigenvalue weighted by atomic mass is 10.5. The Morgan fingerprint density at radius 3 is 2.92 bits per heavy atom. The van der Waals surface area contributed by atoms with E-state index in [1.807, 2.05) is 6.92 Å². The van der Waals surface area contributed by atoms with Crippen molar-refractivity contribution in [3.63, 3.8) is 0 Å². The molecule has 0 unspecified atom stereocenters. The Balaban J connectivity index is 2.43. The lowest BCUT2D eigenvalue weighted by molar-refractivity contribution is 0.469. The van der Waals surface area contributed by atoms with E-state index < -0.39 is 0 Å². The molecule has 0 spiro atoms. The van der Waals surface area contributed by atoms with Gasteiger partial charge in [-0.2, -0.15) is 0 Å². The van der Waals surface area contributed by atoms with E-state index in [4.69, 9.17) is 4.42 Å². The SMILES string of the molecule is CN=C(NC)NCc1cnc(C)o1. The third-order valence-electron chi connectivity index (χ3n) is 1.56. The second kappa shape index (κ2) is 4.49. The van der Waals surface area contributed by atoms with Crippen molar-refractivity contribution in [1.29, 1.82) is 0 Å². The van der Waals surface area contributed by atoms with Crippen molar-refractivity contribution in [3.8, 4) is 0 Å². The average molecular weight is 182 g/mol. The van der Waals surface area contributed by atoms with Gasteiger partial charge < -0.3 is 15.1 Å². The van der Waals surface area contributed by atoms with E-state index in [2.05, 4.69) is 20.6 Å². The molecule has 2 N–H and O–H groups in total. The van der Waals surface area contributed by atoms with Crippen molar-refractivity contribution >= 4 is 5.96 Å². The summed E-state index contributed by atoms with van der Waals surface area (Å²) in [6.45, 7) is 2.41. The van der Waals surface area contributed by atoms with Gasteiger partial charge in [0, 0.05) is 21.0 Å². The zero-order chi connectivity index (χ0) is 9.68. The molecule has 0 aliphatic heterocycles. The predicted octanol–water partition coefficient (Wildman–Crippen LogP) is 0.278. The van der Waals surface area contributed by atoms with E-state index in [1.54, 1.807) is 20.3 Å². The van der Waals surface area contributed by atoms with Crippen LogP contribution in [0.2, 0.25) is 0 Å². The highest BCUT2D eigenvalue weighted by molar-refractivity contribution is 5.79. The number of rotatable bonds is 2. The summed E-state index contributed by atoms with van der Waals surface area (Å²) in [6, 6.07) is 0. The van der Waals surface area contributed by atoms with Crippen LogP contribution in [0.5, 0.6) is 0 Å². The van der Waals surface area contributed by atoms with E-state index in [1.165, 1.54) is 0 Å². The topological polar surface area (TPSA) is 62.5 Å². The molecule has 1 rings (SSSR count). The quantitative estimate of drug-likeness (QED) is 0.509. The third kappa shape index (κ3) is 2.77. The average Bonchev–Trinajstić information content (AvgIpc) is 2.53. The van der Waals surface area contributed by atoms with Crippen molar-refractivity contribution in [2.45, 2.75) is 13.5 Å². The van der Waals surface area contributed by atoms with Gasteiger partial charge in [0.15, 0.2) is 11.9 Å². The van der Waals surface area contributed by atoms with Gasteiger partial charge in [-0.05, 0) is 0 Å². The van der Waals surface area contributed by atoms with Crippen LogP contribution in [0, 0.1) is 6.92 Å². The number of nitrogens with zero attached hydrogens (tertiary/aromatic N) is 2. The van der Waals surface area contributed by atoms with E-state index in [0.717, 1.165) is 11.7 Å². The summed E-state index contributed by atoms with van der Waals surface area (Å²) in [7, 11) is 3.52. The zero-order valence-corrected chi connectivity index (χ0v) is 8.09. The van der Waals surface area contributed by atoms with Gasteiger partial charge in [-0.3, -0.25) is 4.99 Å². The molecule has 0 radical (unpaired) electrons. The van der Waals surface area contributed by atoms with Crippen LogP contribution in [0.4, 0.5) is 0 Å². The first-order chi connectivity index (χ1) is 6.26. The highest BCUT2D eigenvalue weighted by atomic mass is 16.4. The minimum Gasteiger partial charge on any atom is -0.444 e. The van der Waals surface area contributed by atoms with Gasteiger partial charge >= 0.3 is 0 Å². The number of nitrogens with one attached hydrogen (secondary N) is 2. The molecule has 0 bridgehead atoms. The Morgan fingerprint density at radius 1 is 1.69 bits per heavy atom. The first-order valence-corrected chi connectivity index (χ1v) is 4.06. The minimum atomic E-state index is 0.592. The number of hydrogen-bond acceptors (Lipinski definition) is 3. The number of aliphatic imine (C=N–C) groups is 1. The first kappa shape index (κ1) is 9.57. The molecule has 5 heteroatoms. The van der Waals surface area contributed by atoms with Crippen molar-refractivity contribution < 1.29 is 4.42 Å². The Hall–Kier alpha value is -1.52. The van der Waals surface area contributed by atoms with E-state index in [-0.39, 0.29) is 0 Å². The molecule has 72 valence electrons. The van der Waals surface area contributed by atoms with Crippen LogP contribution < -0.4 is 10.6 Å². The number of aromatic nitrogens is 1. The van der Waals surface area contributed by atoms with Gasteiger partial charge in [0.1, 0.15) is 5.76 Å². The summed E-state index contributed by atoms with van der Waals surface area (Å²) < 4.78 is 5.27. The second-order valence-corrected chi connectivity index (χ2v) is 2.52. The molecule has 5 nitrogen and oxygen atoms in total. The van der Waals surface area contributed by atoms with Gasteiger partial charge in [0.25, 0.3) is 0 Å². The zero-order valence-electron chi connectivity index (χ0n) is 8.09. The number of guanidine groups is 1. The van der Waals surface area contributed by atoms with Gasteiger partial charge in [0.2, 0.25) is 0 Å². The van der Waals surface area contributed by atoms with Crippen molar-refractivity contribution in [2.75, 3.05) is 14.1 Å². The van der Waals surface area contributed by atoms with Crippen molar-refractivity contribution in [1.82, 2.24) is 15.6 Å². The smallest absolute Gasteiger partial charge is 0.191 e. The van der Waals surface area contributed by atoms with Gasteiger partial charge in [-0.1, -0.05) is 0 Å². The summed E-state index contributed by atoms with van der Waals surface area (Å²) in [5.74, 6) is 2.21. The summed E-state index contributed by atoms with van der Waals surface area (Å²) in [5, 5.41) is 5.96. The van der Waals surface area contributed by atoms with Crippen molar-refractivity contribution in [2.24, 2.45) is 4.99 Å². The molecule has 0 atom stereocenters. The number of oxazole rings is 1. The predicted molar refractivity (Wildman–Crippen MR) is 50.5 cm³/mol. The highest BCUT2D eigenvalue weighted by Crippen LogP contribution is 2.00. The Labute approximate surface area is 77.3 Å². The summed E-state index contributed by atoms with van der Waals surface area (Å²) in [4.78, 5) is 7.94. The molecule has 0 aliphatic rings. The fourth-order valence-electron chi connectivity index (χ4n) is 0.937. The van der Waals surface area contributed by atoms with Crippen LogP contribution in [0.15, 0.2) is 15.6 Å². The number of hydrogen-bond donors (Lipinski definition) is 2. The summed E-state index contributed by atoms with van der Waals surface area (Å²) >= 11 is 0. The molecule has 1 heterocycles. The van der Waals surface area contributed by atoms with Crippen LogP contribution in [-0.4, -0.2) is 25.0 Å². The summed E-state index contributed by atoms with van der Waals surface area (Å²) in [5.41, 5.74) is 0. The van der Waals surface area contributed by atoms with Crippen LogP contribution in [0.1, 0.15) is 11.7 Å². The molecule has 13 heavy (non-hydrogen) atoms. The van der Waals surface area contributed by atoms with Crippen LogP contribution >= 0.6 is 0 Å². The molecule has 0 aromatic carbocycles. The monoisotopic (exact) mass is 182 g/mol. The molecule has 0 amide bonds. The molecule has 0 aliphatic carbocycles. The second-order valence-electron chi connectivity index (χ2n) is 2.52. The summed E-state index contributed by atoms with van der Waals surface area (Å²) in [6.07, 6.45) is 1.70. The Kier molecular flexibility index (Phi) is 3.31. The molecular formula is C8H14N4O. The Bertz CT molecular complexity index is 292. The maximum Gasteiger partial charge on any atom is 0.191 e. The molecule has 1 aromatic heterocycles. The van der Waals surface area contributed by atoms with Gasteiger partial charge in [-0.25, -0.2) is 4.98 Å². The first-order valence-electron chi connectivity index (χ1n) is 4.06. The van der Waals surface area contributed by atoms with E-state index in [9.17, 15) is 0 Å². The van der Waals surface area contributed by atoms with E-state index >= 15 is 0 Å². The molecule has 0 saturated carbocycles. The fourth-order valence-corrected chi connectivity index (χ4v) is 0.937. The fraction of sp³-hybridized carbons (Fsp3) is 0.500. The Morgan fingerprint density at radius 2 is 2.46 bits per heavy atom. The minimum absolute atomic E-state index is 0.592. The molecule has 0 saturated heterocycles. The van der Waals surface area contributed by atoms with E-state index in [0.29, 0.717) is 12.4 Å². The number of aryl methyl sites for hydroxylation is 1. The molecule has 0 fully saturated rings. The van der Waals surface area contributed by atoms with Crippen molar-refractivity contribution in [3.05, 3.63) is 17.8 Å². The molecular weight excluding hydrogens is 168 g/mol. The van der Waals surface area contributed by atoms with Crippen LogP contribution in [0.3, 0.4) is 0 Å². The maximum absolute atomic E-state index is 5.27. The normalized spacial score (nSPS) is 11.5. The van der Waals surface area contributed by atoms with Gasteiger partial charge in [0.05, 0.1) is 12.7 Å².